The first-order valence-electron chi connectivity index (χ1n) is 7.26. The van der Waals surface area contributed by atoms with E-state index in [9.17, 15) is 0 Å². The first-order chi connectivity index (χ1) is 10.0. The van der Waals surface area contributed by atoms with Crippen LogP contribution in [0.25, 0.3) is 0 Å². The molecule has 0 bridgehead atoms. The van der Waals surface area contributed by atoms with Gasteiger partial charge in [0.1, 0.15) is 0 Å². The van der Waals surface area contributed by atoms with Gasteiger partial charge < -0.3 is 5.73 Å². The van der Waals surface area contributed by atoms with E-state index < -0.39 is 0 Å². The Morgan fingerprint density at radius 3 is 2.48 bits per heavy atom. The topological polar surface area (TPSA) is 29.3 Å². The molecular formula is C17H23BrN2S. The molecule has 0 fully saturated rings. The lowest BCUT2D eigenvalue weighted by Crippen LogP contribution is -2.38. The summed E-state index contributed by atoms with van der Waals surface area (Å²) < 4.78 is 1.16. The molecular weight excluding hydrogens is 344 g/mol. The lowest BCUT2D eigenvalue weighted by molar-refractivity contribution is 0.203. The zero-order valence-corrected chi connectivity index (χ0v) is 15.2. The van der Waals surface area contributed by atoms with Crippen molar-refractivity contribution in [1.29, 1.82) is 0 Å². The second-order valence-corrected chi connectivity index (χ2v) is 7.49. The molecule has 2 aromatic rings. The average Bonchev–Trinajstić information content (AvgIpc) is 2.86. The van der Waals surface area contributed by atoms with Gasteiger partial charge in [0.25, 0.3) is 0 Å². The lowest BCUT2D eigenvalue weighted by Gasteiger charge is -2.32. The maximum absolute atomic E-state index is 6.40. The number of nitrogens with zero attached hydrogens (tertiary/aromatic N) is 1. The molecule has 2 rings (SSSR count). The van der Waals surface area contributed by atoms with Gasteiger partial charge in [-0.2, -0.15) is 0 Å². The summed E-state index contributed by atoms with van der Waals surface area (Å²) in [7, 11) is 2.16. The number of hydrogen-bond acceptors (Lipinski definition) is 3. The molecule has 0 saturated heterocycles. The Balaban J connectivity index is 2.20. The van der Waals surface area contributed by atoms with Crippen LogP contribution in [-0.4, -0.2) is 18.0 Å². The third-order valence-electron chi connectivity index (χ3n) is 3.80. The van der Waals surface area contributed by atoms with E-state index in [1.54, 1.807) is 11.3 Å². The van der Waals surface area contributed by atoms with Crippen LogP contribution >= 0.6 is 27.3 Å². The highest BCUT2D eigenvalue weighted by atomic mass is 79.9. The van der Waals surface area contributed by atoms with E-state index in [1.165, 1.54) is 16.0 Å². The summed E-state index contributed by atoms with van der Waals surface area (Å²) in [6, 6.07) is 11.3. The van der Waals surface area contributed by atoms with Crippen molar-refractivity contribution in [2.75, 3.05) is 7.05 Å². The van der Waals surface area contributed by atoms with E-state index in [0.717, 1.165) is 17.4 Å². The molecule has 0 saturated carbocycles. The van der Waals surface area contributed by atoms with Crippen LogP contribution in [0.15, 0.2) is 40.2 Å². The molecule has 0 aliphatic rings. The van der Waals surface area contributed by atoms with Crippen LogP contribution in [0, 0.1) is 6.92 Å². The van der Waals surface area contributed by atoms with Crippen LogP contribution in [0.5, 0.6) is 0 Å². The predicted molar refractivity (Wildman–Crippen MR) is 95.7 cm³/mol. The number of rotatable bonds is 6. The zero-order chi connectivity index (χ0) is 15.4. The molecule has 21 heavy (non-hydrogen) atoms. The van der Waals surface area contributed by atoms with Gasteiger partial charge in [0, 0.05) is 33.4 Å². The minimum absolute atomic E-state index is 0.140. The Hall–Kier alpha value is -0.680. The monoisotopic (exact) mass is 366 g/mol. The number of benzene rings is 1. The predicted octanol–water partition coefficient (Wildman–Crippen LogP) is 4.73. The molecule has 1 aromatic heterocycles. The van der Waals surface area contributed by atoms with Crippen LogP contribution < -0.4 is 5.73 Å². The summed E-state index contributed by atoms with van der Waals surface area (Å²) in [4.78, 5) is 3.71. The Kier molecular flexibility index (Phi) is 5.99. The molecule has 0 radical (unpaired) electrons. The molecule has 0 spiro atoms. The van der Waals surface area contributed by atoms with Crippen molar-refractivity contribution in [2.24, 2.45) is 5.73 Å². The molecule has 2 atom stereocenters. The Morgan fingerprint density at radius 1 is 1.29 bits per heavy atom. The molecule has 2 nitrogen and oxygen atoms in total. The van der Waals surface area contributed by atoms with Crippen molar-refractivity contribution in [1.82, 2.24) is 4.90 Å². The first kappa shape index (κ1) is 16.7. The van der Waals surface area contributed by atoms with Crippen molar-refractivity contribution >= 4 is 27.3 Å². The van der Waals surface area contributed by atoms with Gasteiger partial charge in [-0.1, -0.05) is 36.8 Å². The fourth-order valence-corrected chi connectivity index (χ4v) is 4.11. The van der Waals surface area contributed by atoms with Crippen LogP contribution in [0.2, 0.25) is 0 Å². The quantitative estimate of drug-likeness (QED) is 0.800. The fourth-order valence-electron chi connectivity index (χ4n) is 2.60. The van der Waals surface area contributed by atoms with Crippen LogP contribution in [0.4, 0.5) is 0 Å². The summed E-state index contributed by atoms with van der Waals surface area (Å²) in [6.45, 7) is 5.19. The summed E-state index contributed by atoms with van der Waals surface area (Å²) in [5, 5.41) is 2.13. The SMILES string of the molecule is CCC(N)C(c1ccc(C)cc1)N(C)Cc1cc(Br)cs1. The van der Waals surface area contributed by atoms with E-state index in [-0.39, 0.29) is 12.1 Å². The van der Waals surface area contributed by atoms with E-state index in [1.807, 2.05) is 0 Å². The van der Waals surface area contributed by atoms with Gasteiger partial charge in [0.05, 0.1) is 0 Å². The molecule has 2 unspecified atom stereocenters. The smallest absolute Gasteiger partial charge is 0.0499 e. The van der Waals surface area contributed by atoms with Crippen LogP contribution in [-0.2, 0) is 6.54 Å². The highest BCUT2D eigenvalue weighted by molar-refractivity contribution is 9.10. The second kappa shape index (κ2) is 7.54. The van der Waals surface area contributed by atoms with E-state index in [0.29, 0.717) is 0 Å². The first-order valence-corrected chi connectivity index (χ1v) is 8.93. The average molecular weight is 367 g/mol. The van der Waals surface area contributed by atoms with Gasteiger partial charge in [0.2, 0.25) is 0 Å². The largest absolute Gasteiger partial charge is 0.326 e. The Bertz CT molecular complexity index is 564. The maximum Gasteiger partial charge on any atom is 0.0499 e. The zero-order valence-electron chi connectivity index (χ0n) is 12.8. The van der Waals surface area contributed by atoms with Gasteiger partial charge in [0.15, 0.2) is 0 Å². The number of thiophene rings is 1. The molecule has 0 amide bonds. The Labute approximate surface area is 140 Å². The van der Waals surface area contributed by atoms with Crippen LogP contribution in [0.3, 0.4) is 0 Å². The van der Waals surface area contributed by atoms with Crippen molar-refractivity contribution in [3.8, 4) is 0 Å². The summed E-state index contributed by atoms with van der Waals surface area (Å²) in [6.07, 6.45) is 0.969. The van der Waals surface area contributed by atoms with Gasteiger partial charge in [-0.05, 0) is 48.0 Å². The van der Waals surface area contributed by atoms with Crippen molar-refractivity contribution in [2.45, 2.75) is 38.9 Å². The van der Waals surface area contributed by atoms with Gasteiger partial charge >= 0.3 is 0 Å². The fraction of sp³-hybridized carbons (Fsp3) is 0.412. The number of nitrogens with two attached hydrogens (primary N) is 1. The highest BCUT2D eigenvalue weighted by Crippen LogP contribution is 2.28. The van der Waals surface area contributed by atoms with Crippen LogP contribution in [0.1, 0.15) is 35.4 Å². The minimum atomic E-state index is 0.140. The van der Waals surface area contributed by atoms with Crippen molar-refractivity contribution in [3.05, 3.63) is 56.2 Å². The number of aryl methyl sites for hydroxylation is 1. The third-order valence-corrected chi connectivity index (χ3v) is 5.48. The molecule has 4 heteroatoms. The highest BCUT2D eigenvalue weighted by Gasteiger charge is 2.23. The summed E-state index contributed by atoms with van der Waals surface area (Å²) >= 11 is 5.30. The maximum atomic E-state index is 6.40. The van der Waals surface area contributed by atoms with Crippen molar-refractivity contribution in [3.63, 3.8) is 0 Å². The number of halogens is 1. The minimum Gasteiger partial charge on any atom is -0.326 e. The standard InChI is InChI=1S/C17H23BrN2S/c1-4-16(19)17(13-7-5-12(2)6-8-13)20(3)10-15-9-14(18)11-21-15/h5-9,11,16-17H,4,10,19H2,1-3H3. The second-order valence-electron chi connectivity index (χ2n) is 5.57. The summed E-state index contributed by atoms with van der Waals surface area (Å²) in [5.41, 5.74) is 8.98. The number of likely N-dealkylation sites (N-methyl/N-ethyl adjacent to an activating group) is 1. The van der Waals surface area contributed by atoms with E-state index >= 15 is 0 Å². The number of hydrogen-bond donors (Lipinski definition) is 1. The third kappa shape index (κ3) is 4.39. The lowest BCUT2D eigenvalue weighted by atomic mass is 9.96. The van der Waals surface area contributed by atoms with E-state index in [4.69, 9.17) is 5.73 Å². The van der Waals surface area contributed by atoms with Gasteiger partial charge in [-0.25, -0.2) is 0 Å². The van der Waals surface area contributed by atoms with Crippen molar-refractivity contribution < 1.29 is 0 Å². The van der Waals surface area contributed by atoms with Gasteiger partial charge in [-0.3, -0.25) is 4.90 Å². The normalized spacial score (nSPS) is 14.4. The molecule has 2 N–H and O–H groups in total. The van der Waals surface area contributed by atoms with E-state index in [2.05, 4.69) is 77.4 Å². The van der Waals surface area contributed by atoms with Gasteiger partial charge in [-0.15, -0.1) is 11.3 Å². The molecule has 0 aliphatic carbocycles. The summed E-state index contributed by atoms with van der Waals surface area (Å²) in [5.74, 6) is 0. The molecule has 1 aromatic carbocycles. The molecule has 1 heterocycles. The Morgan fingerprint density at radius 2 is 1.95 bits per heavy atom. The molecule has 0 aliphatic heterocycles. The molecule has 114 valence electrons.